The lowest BCUT2D eigenvalue weighted by atomic mass is 9.92. The third-order valence-electron chi connectivity index (χ3n) is 5.40. The fourth-order valence-corrected chi connectivity index (χ4v) is 3.97. The van der Waals surface area contributed by atoms with Crippen LogP contribution in [0, 0.1) is 5.92 Å². The first-order valence-electron chi connectivity index (χ1n) is 8.97. The molecular weight excluding hydrogens is 314 g/mol. The highest BCUT2D eigenvalue weighted by molar-refractivity contribution is 5.96. The molecule has 0 spiro atoms. The molecule has 25 heavy (non-hydrogen) atoms. The van der Waals surface area contributed by atoms with E-state index < -0.39 is 0 Å². The molecule has 2 aliphatic rings. The molecule has 0 bridgehead atoms. The van der Waals surface area contributed by atoms with E-state index in [9.17, 15) is 9.90 Å². The van der Waals surface area contributed by atoms with Gasteiger partial charge in [0.05, 0.1) is 12.6 Å². The molecule has 0 radical (unpaired) electrons. The Morgan fingerprint density at radius 3 is 2.68 bits per heavy atom. The van der Waals surface area contributed by atoms with Gasteiger partial charge in [0.1, 0.15) is 0 Å². The third kappa shape index (κ3) is 3.20. The van der Waals surface area contributed by atoms with Crippen LogP contribution in [0.25, 0.3) is 11.1 Å². The summed E-state index contributed by atoms with van der Waals surface area (Å²) in [6, 6.07) is 14.1. The number of carbonyl (C=O) groups excluding carboxylic acids is 1. The second-order valence-electron chi connectivity index (χ2n) is 6.92. The average Bonchev–Trinajstić information content (AvgIpc) is 3.04. The van der Waals surface area contributed by atoms with Gasteiger partial charge < -0.3 is 15.2 Å². The first-order valence-corrected chi connectivity index (χ1v) is 8.97. The molecule has 1 amide bonds. The molecular formula is C21H23NO3. The van der Waals surface area contributed by atoms with Crippen LogP contribution in [-0.4, -0.2) is 36.9 Å². The van der Waals surface area contributed by atoms with Gasteiger partial charge in [-0.1, -0.05) is 30.3 Å². The minimum Gasteiger partial charge on any atom is -0.394 e. The summed E-state index contributed by atoms with van der Waals surface area (Å²) in [7, 11) is 0. The number of fused-ring (bicyclic) bond motifs is 3. The highest BCUT2D eigenvalue weighted by atomic mass is 16.5. The second kappa shape index (κ2) is 6.98. The number of amides is 1. The zero-order chi connectivity index (χ0) is 17.2. The summed E-state index contributed by atoms with van der Waals surface area (Å²) < 4.78 is 5.37. The predicted octanol–water partition coefficient (Wildman–Crippen LogP) is 2.78. The van der Waals surface area contributed by atoms with Crippen molar-refractivity contribution < 1.29 is 14.6 Å². The third-order valence-corrected chi connectivity index (χ3v) is 5.40. The number of hydrogen-bond acceptors (Lipinski definition) is 3. The quantitative estimate of drug-likeness (QED) is 0.770. The number of carbonyl (C=O) groups is 1. The van der Waals surface area contributed by atoms with Crippen molar-refractivity contribution in [3.05, 3.63) is 59.2 Å². The molecule has 4 rings (SSSR count). The van der Waals surface area contributed by atoms with Crippen LogP contribution in [0.5, 0.6) is 0 Å². The maximum absolute atomic E-state index is 12.7. The van der Waals surface area contributed by atoms with Crippen LogP contribution in [0.2, 0.25) is 0 Å². The molecule has 130 valence electrons. The van der Waals surface area contributed by atoms with Gasteiger partial charge >= 0.3 is 0 Å². The number of aliphatic hydroxyl groups excluding tert-OH is 1. The van der Waals surface area contributed by atoms with E-state index in [1.54, 1.807) is 0 Å². The van der Waals surface area contributed by atoms with E-state index in [1.807, 2.05) is 24.3 Å². The molecule has 1 unspecified atom stereocenters. The minimum absolute atomic E-state index is 0.0349. The van der Waals surface area contributed by atoms with Crippen LogP contribution >= 0.6 is 0 Å². The maximum atomic E-state index is 12.7. The first-order chi connectivity index (χ1) is 12.3. The summed E-state index contributed by atoms with van der Waals surface area (Å²) in [5.41, 5.74) is 5.65. The lowest BCUT2D eigenvalue weighted by molar-refractivity contribution is 0.0420. The van der Waals surface area contributed by atoms with Gasteiger partial charge in [-0.25, -0.2) is 0 Å². The Kier molecular flexibility index (Phi) is 4.55. The molecule has 0 aromatic heterocycles. The summed E-state index contributed by atoms with van der Waals surface area (Å²) in [5.74, 6) is 0.172. The summed E-state index contributed by atoms with van der Waals surface area (Å²) in [6.07, 6.45) is 2.63. The van der Waals surface area contributed by atoms with Gasteiger partial charge in [-0.3, -0.25) is 4.79 Å². The molecule has 0 saturated carbocycles. The monoisotopic (exact) mass is 337 g/mol. The SMILES string of the molecule is O=C(NC(CO)C1CCOCC1)c1ccc2c(c1)Cc1ccccc1-2. The first kappa shape index (κ1) is 16.3. The summed E-state index contributed by atoms with van der Waals surface area (Å²) >= 11 is 0. The van der Waals surface area contributed by atoms with Gasteiger partial charge in [-0.2, -0.15) is 0 Å². The number of nitrogens with one attached hydrogen (secondary N) is 1. The lowest BCUT2D eigenvalue weighted by Gasteiger charge is -2.29. The van der Waals surface area contributed by atoms with Crippen molar-refractivity contribution >= 4 is 5.91 Å². The van der Waals surface area contributed by atoms with E-state index in [0.29, 0.717) is 18.8 Å². The highest BCUT2D eigenvalue weighted by Gasteiger charge is 2.26. The number of aliphatic hydroxyl groups is 1. The molecule has 1 aliphatic carbocycles. The Balaban J connectivity index is 1.50. The van der Waals surface area contributed by atoms with Crippen LogP contribution < -0.4 is 5.32 Å². The Labute approximate surface area is 147 Å². The molecule has 4 nitrogen and oxygen atoms in total. The molecule has 1 fully saturated rings. The molecule has 1 heterocycles. The summed E-state index contributed by atoms with van der Waals surface area (Å²) in [6.45, 7) is 1.37. The Hall–Kier alpha value is -2.17. The van der Waals surface area contributed by atoms with Crippen molar-refractivity contribution in [1.82, 2.24) is 5.32 Å². The number of rotatable bonds is 4. The zero-order valence-corrected chi connectivity index (χ0v) is 14.2. The van der Waals surface area contributed by atoms with E-state index in [2.05, 4.69) is 23.5 Å². The topological polar surface area (TPSA) is 58.6 Å². The van der Waals surface area contributed by atoms with Crippen molar-refractivity contribution in [2.75, 3.05) is 19.8 Å². The maximum Gasteiger partial charge on any atom is 0.251 e. The van der Waals surface area contributed by atoms with Gasteiger partial charge in [-0.15, -0.1) is 0 Å². The Morgan fingerprint density at radius 1 is 1.12 bits per heavy atom. The smallest absolute Gasteiger partial charge is 0.251 e. The Morgan fingerprint density at radius 2 is 1.88 bits per heavy atom. The van der Waals surface area contributed by atoms with Crippen molar-refractivity contribution in [2.24, 2.45) is 5.92 Å². The number of hydrogen-bond donors (Lipinski definition) is 2. The molecule has 2 aromatic rings. The molecule has 2 N–H and O–H groups in total. The van der Waals surface area contributed by atoms with Gasteiger partial charge in [-0.05, 0) is 59.6 Å². The van der Waals surface area contributed by atoms with E-state index in [-0.39, 0.29) is 24.5 Å². The molecule has 1 aliphatic heterocycles. The normalized spacial score (nSPS) is 17.6. The summed E-state index contributed by atoms with van der Waals surface area (Å²) in [5, 5.41) is 12.7. The van der Waals surface area contributed by atoms with Crippen LogP contribution in [0.15, 0.2) is 42.5 Å². The van der Waals surface area contributed by atoms with Crippen molar-refractivity contribution in [3.8, 4) is 11.1 Å². The van der Waals surface area contributed by atoms with Crippen molar-refractivity contribution in [2.45, 2.75) is 25.3 Å². The van der Waals surface area contributed by atoms with Crippen LogP contribution in [0.3, 0.4) is 0 Å². The van der Waals surface area contributed by atoms with Gasteiger partial charge in [0.2, 0.25) is 0 Å². The molecule has 2 aromatic carbocycles. The van der Waals surface area contributed by atoms with Crippen LogP contribution in [0.1, 0.15) is 34.3 Å². The number of benzene rings is 2. The second-order valence-corrected chi connectivity index (χ2v) is 6.92. The standard InChI is InChI=1S/C21H23NO3/c23-13-20(14-7-9-25-10-8-14)22-21(24)16-5-6-19-17(12-16)11-15-3-1-2-4-18(15)19/h1-6,12,14,20,23H,7-11,13H2,(H,22,24). The van der Waals surface area contributed by atoms with E-state index in [1.165, 1.54) is 22.3 Å². The molecule has 4 heteroatoms. The van der Waals surface area contributed by atoms with Crippen LogP contribution in [0.4, 0.5) is 0 Å². The zero-order valence-electron chi connectivity index (χ0n) is 14.2. The molecule has 1 atom stereocenters. The Bertz CT molecular complexity index is 780. The van der Waals surface area contributed by atoms with Gasteiger partial charge in [0, 0.05) is 18.8 Å². The van der Waals surface area contributed by atoms with E-state index >= 15 is 0 Å². The lowest BCUT2D eigenvalue weighted by Crippen LogP contribution is -2.44. The van der Waals surface area contributed by atoms with Crippen LogP contribution in [-0.2, 0) is 11.2 Å². The van der Waals surface area contributed by atoms with E-state index in [0.717, 1.165) is 19.3 Å². The fraction of sp³-hybridized carbons (Fsp3) is 0.381. The highest BCUT2D eigenvalue weighted by Crippen LogP contribution is 2.36. The summed E-state index contributed by atoms with van der Waals surface area (Å²) in [4.78, 5) is 12.7. The van der Waals surface area contributed by atoms with E-state index in [4.69, 9.17) is 4.74 Å². The van der Waals surface area contributed by atoms with Gasteiger partial charge in [0.15, 0.2) is 0 Å². The van der Waals surface area contributed by atoms with Crippen molar-refractivity contribution in [3.63, 3.8) is 0 Å². The predicted molar refractivity (Wildman–Crippen MR) is 96.6 cm³/mol. The molecule has 1 saturated heterocycles. The van der Waals surface area contributed by atoms with Crippen molar-refractivity contribution in [1.29, 1.82) is 0 Å². The van der Waals surface area contributed by atoms with Gasteiger partial charge in [0.25, 0.3) is 5.91 Å². The largest absolute Gasteiger partial charge is 0.394 e. The fourth-order valence-electron chi connectivity index (χ4n) is 3.97. The average molecular weight is 337 g/mol. The number of ether oxygens (including phenoxy) is 1. The minimum atomic E-state index is -0.207.